The molecule has 17 heavy (non-hydrogen) atoms. The highest BCUT2D eigenvalue weighted by Gasteiger charge is 2.14. The second-order valence-electron chi connectivity index (χ2n) is 3.68. The third-order valence-corrected chi connectivity index (χ3v) is 3.51. The van der Waals surface area contributed by atoms with Crippen molar-refractivity contribution in [1.82, 2.24) is 4.98 Å². The summed E-state index contributed by atoms with van der Waals surface area (Å²) in [6, 6.07) is 7.57. The average molecular weight is 247 g/mol. The van der Waals surface area contributed by atoms with E-state index in [1.165, 1.54) is 11.3 Å². The number of carbonyl (C=O) groups is 1. The van der Waals surface area contributed by atoms with Crippen LogP contribution >= 0.6 is 11.3 Å². The van der Waals surface area contributed by atoms with Gasteiger partial charge < -0.3 is 4.74 Å². The summed E-state index contributed by atoms with van der Waals surface area (Å²) < 4.78 is 5.23. The van der Waals surface area contributed by atoms with E-state index in [2.05, 4.69) is 4.98 Å². The molecule has 4 heteroatoms. The van der Waals surface area contributed by atoms with Crippen molar-refractivity contribution in [3.05, 3.63) is 45.9 Å². The van der Waals surface area contributed by atoms with Crippen LogP contribution in [0.25, 0.3) is 0 Å². The lowest BCUT2D eigenvalue weighted by atomic mass is 10.1. The van der Waals surface area contributed by atoms with E-state index in [0.29, 0.717) is 6.42 Å². The molecule has 2 rings (SSSR count). The van der Waals surface area contributed by atoms with Crippen molar-refractivity contribution in [3.8, 4) is 5.75 Å². The fraction of sp³-hybridized carbons (Fsp3) is 0.231. The standard InChI is InChI=1S/C13H13NO2S/c1-9-13(17-8-14-9)11(15)7-10-5-3-4-6-12(10)16-2/h3-6,8H,7H2,1-2H3. The van der Waals surface area contributed by atoms with Crippen LogP contribution in [0.15, 0.2) is 29.8 Å². The highest BCUT2D eigenvalue weighted by atomic mass is 32.1. The van der Waals surface area contributed by atoms with Gasteiger partial charge in [-0.2, -0.15) is 0 Å². The number of ether oxygens (including phenoxy) is 1. The third-order valence-electron chi connectivity index (χ3n) is 2.54. The number of nitrogens with zero attached hydrogens (tertiary/aromatic N) is 1. The minimum Gasteiger partial charge on any atom is -0.496 e. The molecular weight excluding hydrogens is 234 g/mol. The van der Waals surface area contributed by atoms with Crippen molar-refractivity contribution in [2.24, 2.45) is 0 Å². The number of rotatable bonds is 4. The topological polar surface area (TPSA) is 39.2 Å². The van der Waals surface area contributed by atoms with Crippen LogP contribution in [0.4, 0.5) is 0 Å². The number of methoxy groups -OCH3 is 1. The van der Waals surface area contributed by atoms with E-state index in [4.69, 9.17) is 4.74 Å². The smallest absolute Gasteiger partial charge is 0.179 e. The molecule has 0 aliphatic rings. The number of ketones is 1. The summed E-state index contributed by atoms with van der Waals surface area (Å²) in [4.78, 5) is 16.9. The van der Waals surface area contributed by atoms with Gasteiger partial charge in [0.05, 0.1) is 23.2 Å². The first-order valence-corrected chi connectivity index (χ1v) is 6.15. The van der Waals surface area contributed by atoms with Crippen LogP contribution < -0.4 is 4.74 Å². The maximum atomic E-state index is 12.1. The molecule has 1 heterocycles. The molecule has 0 radical (unpaired) electrons. The Labute approximate surface area is 104 Å². The Morgan fingerprint density at radius 3 is 2.82 bits per heavy atom. The first kappa shape index (κ1) is 11.8. The van der Waals surface area contributed by atoms with Crippen molar-refractivity contribution in [1.29, 1.82) is 0 Å². The Kier molecular flexibility index (Phi) is 3.54. The van der Waals surface area contributed by atoms with Gasteiger partial charge >= 0.3 is 0 Å². The Hall–Kier alpha value is -1.68. The van der Waals surface area contributed by atoms with Gasteiger partial charge in [-0.3, -0.25) is 4.79 Å². The molecule has 1 aromatic carbocycles. The number of Topliss-reactive ketones (excluding diaryl/α,β-unsaturated/α-hetero) is 1. The van der Waals surface area contributed by atoms with Crippen molar-refractivity contribution in [2.75, 3.05) is 7.11 Å². The molecule has 1 aromatic heterocycles. The Bertz CT molecular complexity index is 534. The first-order valence-electron chi connectivity index (χ1n) is 5.27. The highest BCUT2D eigenvalue weighted by molar-refractivity contribution is 7.11. The maximum absolute atomic E-state index is 12.1. The van der Waals surface area contributed by atoms with Gasteiger partial charge in [0.25, 0.3) is 0 Å². The fourth-order valence-corrected chi connectivity index (χ4v) is 2.41. The third kappa shape index (κ3) is 2.53. The molecule has 0 fully saturated rings. The zero-order valence-electron chi connectivity index (χ0n) is 9.77. The molecule has 0 N–H and O–H groups in total. The number of carbonyl (C=O) groups excluding carboxylic acids is 1. The van der Waals surface area contributed by atoms with E-state index in [9.17, 15) is 4.79 Å². The van der Waals surface area contributed by atoms with E-state index in [1.54, 1.807) is 12.6 Å². The van der Waals surface area contributed by atoms with E-state index in [1.807, 2.05) is 31.2 Å². The van der Waals surface area contributed by atoms with Crippen molar-refractivity contribution < 1.29 is 9.53 Å². The first-order chi connectivity index (χ1) is 8.22. The molecule has 0 atom stereocenters. The predicted octanol–water partition coefficient (Wildman–Crippen LogP) is 2.89. The molecule has 0 bridgehead atoms. The van der Waals surface area contributed by atoms with E-state index in [-0.39, 0.29) is 5.78 Å². The number of aromatic nitrogens is 1. The summed E-state index contributed by atoms with van der Waals surface area (Å²) >= 11 is 1.39. The van der Waals surface area contributed by atoms with Crippen molar-refractivity contribution in [3.63, 3.8) is 0 Å². The lowest BCUT2D eigenvalue weighted by Crippen LogP contribution is -2.04. The molecule has 0 aliphatic heterocycles. The lowest BCUT2D eigenvalue weighted by molar-refractivity contribution is 0.0995. The zero-order valence-corrected chi connectivity index (χ0v) is 10.6. The van der Waals surface area contributed by atoms with E-state index >= 15 is 0 Å². The molecule has 0 saturated carbocycles. The Morgan fingerprint density at radius 1 is 1.41 bits per heavy atom. The molecule has 0 saturated heterocycles. The van der Waals surface area contributed by atoms with Gasteiger partial charge in [-0.25, -0.2) is 4.98 Å². The summed E-state index contributed by atoms with van der Waals surface area (Å²) in [7, 11) is 1.61. The molecule has 0 spiro atoms. The highest BCUT2D eigenvalue weighted by Crippen LogP contribution is 2.21. The van der Waals surface area contributed by atoms with Gasteiger partial charge in [0, 0.05) is 12.0 Å². The minimum absolute atomic E-state index is 0.0921. The van der Waals surface area contributed by atoms with Gasteiger partial charge in [0.2, 0.25) is 0 Å². The Morgan fingerprint density at radius 2 is 2.18 bits per heavy atom. The number of benzene rings is 1. The number of hydrogen-bond acceptors (Lipinski definition) is 4. The monoisotopic (exact) mass is 247 g/mol. The van der Waals surface area contributed by atoms with Crippen LogP contribution in [0.5, 0.6) is 5.75 Å². The maximum Gasteiger partial charge on any atom is 0.179 e. The second-order valence-corrected chi connectivity index (χ2v) is 4.53. The molecule has 2 aromatic rings. The molecule has 0 unspecified atom stereocenters. The number of thiazole rings is 1. The van der Waals surface area contributed by atoms with Crippen LogP contribution in [-0.2, 0) is 6.42 Å². The summed E-state index contributed by atoms with van der Waals surface area (Å²) in [5, 5.41) is 0. The molecule has 0 aliphatic carbocycles. The van der Waals surface area contributed by atoms with Crippen LogP contribution in [0.3, 0.4) is 0 Å². The lowest BCUT2D eigenvalue weighted by Gasteiger charge is -2.06. The van der Waals surface area contributed by atoms with Crippen LogP contribution in [0.1, 0.15) is 20.9 Å². The van der Waals surface area contributed by atoms with Gasteiger partial charge in [-0.1, -0.05) is 18.2 Å². The molecule has 0 amide bonds. The van der Waals surface area contributed by atoms with Gasteiger partial charge in [-0.05, 0) is 13.0 Å². The molecular formula is C13H13NO2S. The summed E-state index contributed by atoms with van der Waals surface area (Å²) in [5.74, 6) is 0.845. The van der Waals surface area contributed by atoms with Gasteiger partial charge in [0.1, 0.15) is 5.75 Å². The van der Waals surface area contributed by atoms with Crippen LogP contribution in [-0.4, -0.2) is 17.9 Å². The second kappa shape index (κ2) is 5.10. The molecule has 88 valence electrons. The SMILES string of the molecule is COc1ccccc1CC(=O)c1scnc1C. The minimum atomic E-state index is 0.0921. The van der Waals surface area contributed by atoms with E-state index < -0.39 is 0 Å². The van der Waals surface area contributed by atoms with Gasteiger partial charge in [-0.15, -0.1) is 11.3 Å². The fourth-order valence-electron chi connectivity index (χ4n) is 1.67. The molecule has 3 nitrogen and oxygen atoms in total. The number of aryl methyl sites for hydroxylation is 1. The normalized spacial score (nSPS) is 10.2. The van der Waals surface area contributed by atoms with Crippen LogP contribution in [0, 0.1) is 6.92 Å². The zero-order chi connectivity index (χ0) is 12.3. The van der Waals surface area contributed by atoms with Crippen molar-refractivity contribution >= 4 is 17.1 Å². The van der Waals surface area contributed by atoms with Crippen molar-refractivity contribution in [2.45, 2.75) is 13.3 Å². The quantitative estimate of drug-likeness (QED) is 0.780. The Balaban J connectivity index is 2.22. The number of para-hydroxylation sites is 1. The number of hydrogen-bond donors (Lipinski definition) is 0. The predicted molar refractivity (Wildman–Crippen MR) is 67.9 cm³/mol. The summed E-state index contributed by atoms with van der Waals surface area (Å²) in [5.41, 5.74) is 3.41. The summed E-state index contributed by atoms with van der Waals surface area (Å²) in [6.45, 7) is 1.85. The van der Waals surface area contributed by atoms with Gasteiger partial charge in [0.15, 0.2) is 5.78 Å². The average Bonchev–Trinajstić information content (AvgIpc) is 2.76. The summed E-state index contributed by atoms with van der Waals surface area (Å²) in [6.07, 6.45) is 0.354. The van der Waals surface area contributed by atoms with Crippen LogP contribution in [0.2, 0.25) is 0 Å². The largest absolute Gasteiger partial charge is 0.496 e. The van der Waals surface area contributed by atoms with E-state index in [0.717, 1.165) is 21.9 Å².